The van der Waals surface area contributed by atoms with E-state index in [0.29, 0.717) is 51.9 Å². The molecular formula is C132H262O11. The van der Waals surface area contributed by atoms with Gasteiger partial charge in [0.25, 0.3) is 0 Å². The molecule has 2 fully saturated rings. The van der Waals surface area contributed by atoms with Crippen LogP contribution in [0.4, 0.5) is 0 Å². The van der Waals surface area contributed by atoms with E-state index in [9.17, 15) is 25.5 Å². The highest BCUT2D eigenvalue weighted by atomic mass is 16.8. The molecule has 2 aliphatic rings. The highest BCUT2D eigenvalue weighted by Crippen LogP contribution is 2.68. The third-order valence-corrected chi connectivity index (χ3v) is 34.4. The van der Waals surface area contributed by atoms with Gasteiger partial charge in [0.15, 0.2) is 11.9 Å². The number of ether oxygens (including phenoxy) is 6. The molecule has 0 aromatic carbocycles. The lowest BCUT2D eigenvalue weighted by Crippen LogP contribution is -2.77. The lowest BCUT2D eigenvalue weighted by molar-refractivity contribution is -0.446. The smallest absolute Gasteiger partial charge is 0.233 e. The summed E-state index contributed by atoms with van der Waals surface area (Å²) < 4.78 is 50.5. The van der Waals surface area contributed by atoms with Crippen molar-refractivity contribution in [1.82, 2.24) is 0 Å². The summed E-state index contributed by atoms with van der Waals surface area (Å²) in [6, 6.07) is 0. The molecule has 0 aromatic heterocycles. The average Bonchev–Trinajstić information content (AvgIpc) is 1.48. The first kappa shape index (κ1) is 139. The van der Waals surface area contributed by atoms with Gasteiger partial charge in [-0.25, -0.2) is 0 Å². The second-order valence-corrected chi connectivity index (χ2v) is 47.6. The van der Waals surface area contributed by atoms with Crippen molar-refractivity contribution in [3.05, 3.63) is 0 Å². The lowest BCUT2D eigenvalue weighted by Gasteiger charge is -2.59. The molecule has 11 nitrogen and oxygen atoms in total. The Balaban J connectivity index is 3.12. The molecule has 9 atom stereocenters. The molecule has 0 aliphatic carbocycles. The SMILES string of the molecule is CCCCCCCCCCCCCCCCCCCCCCO[C@]1(CCCCCCCCCCCCCCCCCCCCCC)[C@](CO)(CCCCCCCCCCCCCCCCCCCCCC)O[C@](O[C@H]2O[C@H](CO)[C@@H](O)[C@H](O)[C@H]2O)(C(CCCCCCCC)(CCCCCCCC)OCCCCCCCC)[C@@]1(CCCCCCCC)OCCCCCCCCCCCCCCCCCCCCCC. The van der Waals surface area contributed by atoms with E-state index < -0.39 is 65.5 Å². The van der Waals surface area contributed by atoms with E-state index in [1.54, 1.807) is 0 Å². The number of aliphatic hydroxyl groups is 5. The van der Waals surface area contributed by atoms with Gasteiger partial charge in [-0.2, -0.15) is 0 Å². The second kappa shape index (κ2) is 103. The van der Waals surface area contributed by atoms with Crippen molar-refractivity contribution in [1.29, 1.82) is 0 Å². The highest BCUT2D eigenvalue weighted by molar-refractivity contribution is 5.30. The predicted molar refractivity (Wildman–Crippen MR) is 623 cm³/mol. The van der Waals surface area contributed by atoms with Crippen LogP contribution in [0, 0.1) is 0 Å². The van der Waals surface area contributed by atoms with Crippen LogP contribution in [0.5, 0.6) is 0 Å². The summed E-state index contributed by atoms with van der Waals surface area (Å²) in [5.74, 6) is -1.93. The van der Waals surface area contributed by atoms with Gasteiger partial charge in [0.1, 0.15) is 41.2 Å². The minimum absolute atomic E-state index is 0.313. The monoisotopic (exact) mass is 2020 g/mol. The number of rotatable bonds is 120. The zero-order valence-electron chi connectivity index (χ0n) is 98.7. The van der Waals surface area contributed by atoms with Gasteiger partial charge in [0, 0.05) is 19.8 Å². The van der Waals surface area contributed by atoms with Crippen LogP contribution in [0.25, 0.3) is 0 Å². The van der Waals surface area contributed by atoms with Crippen LogP contribution in [0.3, 0.4) is 0 Å². The Labute approximate surface area is 895 Å². The zero-order valence-corrected chi connectivity index (χ0v) is 98.7. The maximum atomic E-state index is 14.0. The largest absolute Gasteiger partial charge is 0.394 e. The summed E-state index contributed by atoms with van der Waals surface area (Å²) in [6.45, 7) is 19.0. The minimum Gasteiger partial charge on any atom is -0.394 e. The van der Waals surface area contributed by atoms with Crippen molar-refractivity contribution >= 4 is 0 Å². The molecule has 2 rings (SSSR count). The van der Waals surface area contributed by atoms with Crippen molar-refractivity contribution in [3.8, 4) is 0 Å². The molecule has 856 valence electrons. The Morgan fingerprint density at radius 2 is 0.406 bits per heavy atom. The van der Waals surface area contributed by atoms with E-state index in [1.165, 1.54) is 475 Å². The molecule has 0 amide bonds. The second-order valence-electron chi connectivity index (χ2n) is 47.6. The summed E-state index contributed by atoms with van der Waals surface area (Å²) in [4.78, 5) is 0. The normalized spacial score (nSPS) is 20.0. The molecule has 5 N–H and O–H groups in total. The molecule has 0 radical (unpaired) electrons. The quantitative estimate of drug-likeness (QED) is 0.0369. The van der Waals surface area contributed by atoms with Crippen molar-refractivity contribution in [3.63, 3.8) is 0 Å². The molecule has 2 aliphatic heterocycles. The van der Waals surface area contributed by atoms with Gasteiger partial charge in [0.05, 0.1) is 13.2 Å². The van der Waals surface area contributed by atoms with Gasteiger partial charge in [-0.1, -0.05) is 704 Å². The summed E-state index contributed by atoms with van der Waals surface area (Å²) >= 11 is 0. The Bertz CT molecular complexity index is 2450. The van der Waals surface area contributed by atoms with E-state index in [2.05, 4.69) is 55.4 Å². The van der Waals surface area contributed by atoms with E-state index >= 15 is 0 Å². The fraction of sp³-hybridized carbons (Fsp3) is 1.00. The maximum absolute atomic E-state index is 14.0. The van der Waals surface area contributed by atoms with Gasteiger partial charge in [-0.3, -0.25) is 0 Å². The van der Waals surface area contributed by atoms with Gasteiger partial charge in [0.2, 0.25) is 5.79 Å². The van der Waals surface area contributed by atoms with Crippen LogP contribution in [0.2, 0.25) is 0 Å². The number of hydrogen-bond donors (Lipinski definition) is 5. The molecule has 0 spiro atoms. The van der Waals surface area contributed by atoms with Crippen LogP contribution in [0.15, 0.2) is 0 Å². The fourth-order valence-corrected chi connectivity index (χ4v) is 24.9. The van der Waals surface area contributed by atoms with Crippen LogP contribution in [-0.4, -0.2) is 117 Å². The van der Waals surface area contributed by atoms with Crippen molar-refractivity contribution in [2.75, 3.05) is 33.0 Å². The Kier molecular flexibility index (Phi) is 100. The standard InChI is InChI=1S/C132H262O11/c1-9-17-25-33-41-45-49-53-57-61-65-69-73-77-81-85-89-93-99-107-115-129(122-134)130(116-108-101-94-90-86-82-78-74-70-66-62-58-54-50-46-42-34-26-18-10-2,139-119-111-103-95-91-87-83-79-75-71-67-63-59-55-51-47-43-35-27-19-11-3)131(117-109-100-39-31-23-15-7,140-120-112-104-96-92-88-84-80-76-72-68-64-60-56-52-48-44-36-28-20-12-4)132(143-129,142-127-126(137)125(136)124(135)123(121-133)141-127)128(113-105-97-37-29-21-13-5,114-106-98-38-30-22-14-6)138-118-110-102-40-32-24-16-8/h123-127,133-137H,9-122H2,1-8H3/t123-,124-,125+,126-,127-,129-,130-,131+,132-/m1/s1. The Morgan fingerprint density at radius 3 is 0.636 bits per heavy atom. The fourth-order valence-electron chi connectivity index (χ4n) is 24.9. The predicted octanol–water partition coefficient (Wildman–Crippen LogP) is 42.2. The van der Waals surface area contributed by atoms with Gasteiger partial charge in [-0.05, 0) is 51.4 Å². The first-order valence-corrected chi connectivity index (χ1v) is 66.7. The number of hydrogen-bond acceptors (Lipinski definition) is 11. The lowest BCUT2D eigenvalue weighted by atomic mass is 9.60. The minimum atomic E-state index is -1.93. The molecule has 143 heavy (non-hydrogen) atoms. The summed E-state index contributed by atoms with van der Waals surface area (Å²) in [5.41, 5.74) is -5.46. The van der Waals surface area contributed by atoms with Gasteiger partial charge in [-0.15, -0.1) is 0 Å². The molecule has 0 unspecified atom stereocenters. The summed E-state index contributed by atoms with van der Waals surface area (Å²) in [5, 5.41) is 63.1. The molecule has 0 aromatic rings. The summed E-state index contributed by atoms with van der Waals surface area (Å²) in [7, 11) is 0. The Morgan fingerprint density at radius 1 is 0.210 bits per heavy atom. The van der Waals surface area contributed by atoms with Crippen LogP contribution in [-0.2, 0) is 28.4 Å². The van der Waals surface area contributed by atoms with E-state index in [-0.39, 0.29) is 6.61 Å². The zero-order chi connectivity index (χ0) is 103. The van der Waals surface area contributed by atoms with Crippen molar-refractivity contribution in [2.24, 2.45) is 0 Å². The van der Waals surface area contributed by atoms with E-state index in [0.717, 1.165) is 193 Å². The third kappa shape index (κ3) is 67.2. The summed E-state index contributed by atoms with van der Waals surface area (Å²) in [6.07, 6.45) is 126. The Hall–Kier alpha value is -0.440. The van der Waals surface area contributed by atoms with Gasteiger partial charge < -0.3 is 54.0 Å². The molecule has 11 heteroatoms. The van der Waals surface area contributed by atoms with Crippen molar-refractivity contribution < 1.29 is 54.0 Å². The first-order valence-electron chi connectivity index (χ1n) is 66.7. The van der Waals surface area contributed by atoms with Crippen LogP contribution < -0.4 is 0 Å². The van der Waals surface area contributed by atoms with Crippen LogP contribution in [0.1, 0.15) is 755 Å². The molecular weight excluding hydrogens is 1760 g/mol. The van der Waals surface area contributed by atoms with Crippen LogP contribution >= 0.6 is 0 Å². The molecule has 0 saturated carbocycles. The van der Waals surface area contributed by atoms with Crippen molar-refractivity contribution in [2.45, 2.75) is 814 Å². The topological polar surface area (TPSA) is 157 Å². The van der Waals surface area contributed by atoms with E-state index in [4.69, 9.17) is 28.4 Å². The number of aliphatic hydroxyl groups excluding tert-OH is 5. The van der Waals surface area contributed by atoms with E-state index in [1.807, 2.05) is 0 Å². The average molecular weight is 2030 g/mol. The molecule has 0 bridgehead atoms. The highest BCUT2D eigenvalue weighted by Gasteiger charge is 2.86. The number of unbranched alkanes of at least 4 members (excludes halogenated alkanes) is 96. The first-order chi connectivity index (χ1) is 70.5. The maximum Gasteiger partial charge on any atom is 0.233 e. The van der Waals surface area contributed by atoms with Gasteiger partial charge >= 0.3 is 0 Å². The molecule has 2 saturated heterocycles. The molecule has 2 heterocycles. The third-order valence-electron chi connectivity index (χ3n) is 34.4.